The number of carbonyl (C=O) groups is 1. The summed E-state index contributed by atoms with van der Waals surface area (Å²) < 4.78 is 0. The number of amides is 1. The number of hydrogen-bond acceptors (Lipinski definition) is 2. The van der Waals surface area contributed by atoms with E-state index in [0.29, 0.717) is 0 Å². The molecular formula is C6H9Cl2NO2. The predicted molar refractivity (Wildman–Crippen MR) is 44.5 cm³/mol. The molecule has 0 fully saturated rings. The zero-order valence-corrected chi connectivity index (χ0v) is 7.49. The van der Waals surface area contributed by atoms with Gasteiger partial charge in [-0.1, -0.05) is 6.58 Å². The van der Waals surface area contributed by atoms with Crippen LogP contribution in [0.4, 0.5) is 0 Å². The van der Waals surface area contributed by atoms with Crippen molar-refractivity contribution in [2.75, 3.05) is 0 Å². The number of nitrogens with one attached hydrogen (secondary N) is 1. The standard InChI is InChI=1S/C6H9Cl2NO2/c1-3(2)5(10)9-6(11)4(7)8/h4,6,11H,1H2,2H3,(H,9,10). The van der Waals surface area contributed by atoms with E-state index in [2.05, 4.69) is 11.9 Å². The van der Waals surface area contributed by atoms with Gasteiger partial charge in [-0.15, -0.1) is 23.2 Å². The lowest BCUT2D eigenvalue weighted by molar-refractivity contribution is -0.120. The Morgan fingerprint density at radius 3 is 2.36 bits per heavy atom. The first-order valence-corrected chi connectivity index (χ1v) is 3.75. The Morgan fingerprint density at radius 1 is 1.64 bits per heavy atom. The van der Waals surface area contributed by atoms with Gasteiger partial charge in [0.05, 0.1) is 0 Å². The number of rotatable bonds is 3. The largest absolute Gasteiger partial charge is 0.371 e. The summed E-state index contributed by atoms with van der Waals surface area (Å²) in [5.41, 5.74) is 0.290. The van der Waals surface area contributed by atoms with Gasteiger partial charge < -0.3 is 10.4 Å². The highest BCUT2D eigenvalue weighted by Crippen LogP contribution is 2.05. The minimum Gasteiger partial charge on any atom is -0.371 e. The second kappa shape index (κ2) is 4.59. The summed E-state index contributed by atoms with van der Waals surface area (Å²) in [7, 11) is 0. The van der Waals surface area contributed by atoms with Crippen molar-refractivity contribution < 1.29 is 9.90 Å². The fraction of sp³-hybridized carbons (Fsp3) is 0.500. The summed E-state index contributed by atoms with van der Waals surface area (Å²) in [6.07, 6.45) is -1.25. The Labute approximate surface area is 75.0 Å². The smallest absolute Gasteiger partial charge is 0.248 e. The van der Waals surface area contributed by atoms with E-state index in [1.807, 2.05) is 0 Å². The topological polar surface area (TPSA) is 49.3 Å². The summed E-state index contributed by atoms with van der Waals surface area (Å²) in [6.45, 7) is 4.87. The van der Waals surface area contributed by atoms with Gasteiger partial charge in [0.25, 0.3) is 0 Å². The maximum Gasteiger partial charge on any atom is 0.248 e. The normalized spacial score (nSPS) is 12.8. The van der Waals surface area contributed by atoms with Crippen LogP contribution < -0.4 is 5.32 Å². The monoisotopic (exact) mass is 197 g/mol. The van der Waals surface area contributed by atoms with Gasteiger partial charge in [-0.3, -0.25) is 4.79 Å². The average Bonchev–Trinajstić information content (AvgIpc) is 1.87. The molecule has 0 saturated heterocycles. The van der Waals surface area contributed by atoms with Gasteiger partial charge in [0, 0.05) is 5.57 Å². The van der Waals surface area contributed by atoms with Crippen LogP contribution in [0, 0.1) is 0 Å². The van der Waals surface area contributed by atoms with Gasteiger partial charge >= 0.3 is 0 Å². The van der Waals surface area contributed by atoms with Gasteiger partial charge in [0.1, 0.15) is 0 Å². The molecule has 0 aromatic carbocycles. The molecular weight excluding hydrogens is 189 g/mol. The maximum absolute atomic E-state index is 10.8. The Hall–Kier alpha value is -0.250. The number of carbonyl (C=O) groups excluding carboxylic acids is 1. The lowest BCUT2D eigenvalue weighted by atomic mass is 10.3. The number of halogens is 2. The average molecular weight is 198 g/mol. The number of aliphatic hydroxyl groups excluding tert-OH is 1. The van der Waals surface area contributed by atoms with Crippen LogP contribution in [0.3, 0.4) is 0 Å². The molecule has 0 aromatic rings. The van der Waals surface area contributed by atoms with Gasteiger partial charge in [0.15, 0.2) is 11.1 Å². The summed E-state index contributed by atoms with van der Waals surface area (Å²) in [5, 5.41) is 11.0. The third-order valence-corrected chi connectivity index (χ3v) is 1.38. The molecule has 1 atom stereocenters. The van der Waals surface area contributed by atoms with E-state index in [9.17, 15) is 4.79 Å². The second-order valence-corrected chi connectivity index (χ2v) is 3.20. The first-order chi connectivity index (χ1) is 4.95. The number of alkyl halides is 2. The van der Waals surface area contributed by atoms with Crippen LogP contribution in [0.2, 0.25) is 0 Å². The first kappa shape index (κ1) is 10.8. The molecule has 2 N–H and O–H groups in total. The third-order valence-electron chi connectivity index (χ3n) is 0.905. The van der Waals surface area contributed by atoms with Gasteiger partial charge in [-0.05, 0) is 6.92 Å². The molecule has 0 saturated carbocycles. The fourth-order valence-corrected chi connectivity index (χ4v) is 0.446. The predicted octanol–water partition coefficient (Wildman–Crippen LogP) is 0.801. The molecule has 0 heterocycles. The van der Waals surface area contributed by atoms with Crippen LogP contribution in [-0.4, -0.2) is 22.1 Å². The van der Waals surface area contributed by atoms with Gasteiger partial charge in [0.2, 0.25) is 5.91 Å². The molecule has 11 heavy (non-hydrogen) atoms. The van der Waals surface area contributed by atoms with Crippen molar-refractivity contribution in [1.82, 2.24) is 5.32 Å². The Bertz CT molecular complexity index is 170. The van der Waals surface area contributed by atoms with Crippen LogP contribution in [-0.2, 0) is 4.79 Å². The Balaban J connectivity index is 3.85. The fourth-order valence-electron chi connectivity index (χ4n) is 0.321. The molecule has 1 amide bonds. The van der Waals surface area contributed by atoms with E-state index in [1.54, 1.807) is 0 Å². The van der Waals surface area contributed by atoms with Crippen molar-refractivity contribution in [2.45, 2.75) is 18.0 Å². The quantitative estimate of drug-likeness (QED) is 0.400. The van der Waals surface area contributed by atoms with Crippen LogP contribution in [0.15, 0.2) is 12.2 Å². The minimum absolute atomic E-state index is 0.290. The molecule has 0 radical (unpaired) electrons. The van der Waals surface area contributed by atoms with E-state index in [1.165, 1.54) is 6.92 Å². The molecule has 0 aliphatic carbocycles. The van der Waals surface area contributed by atoms with Crippen molar-refractivity contribution in [3.8, 4) is 0 Å². The van der Waals surface area contributed by atoms with Crippen molar-refractivity contribution in [1.29, 1.82) is 0 Å². The highest BCUT2D eigenvalue weighted by atomic mass is 35.5. The SMILES string of the molecule is C=C(C)C(=O)NC(O)C(Cl)Cl. The van der Waals surface area contributed by atoms with Crippen LogP contribution in [0.5, 0.6) is 0 Å². The molecule has 5 heteroatoms. The molecule has 64 valence electrons. The van der Waals surface area contributed by atoms with E-state index in [-0.39, 0.29) is 5.57 Å². The summed E-state index contributed by atoms with van der Waals surface area (Å²) in [4.78, 5) is 9.74. The van der Waals surface area contributed by atoms with Crippen molar-refractivity contribution in [3.63, 3.8) is 0 Å². The van der Waals surface area contributed by atoms with Gasteiger partial charge in [-0.2, -0.15) is 0 Å². The summed E-state index contributed by atoms with van der Waals surface area (Å²) >= 11 is 10.5. The van der Waals surface area contributed by atoms with Gasteiger partial charge in [-0.25, -0.2) is 0 Å². The molecule has 3 nitrogen and oxygen atoms in total. The van der Waals surface area contributed by atoms with Crippen LogP contribution >= 0.6 is 23.2 Å². The lowest BCUT2D eigenvalue weighted by Gasteiger charge is -2.12. The Morgan fingerprint density at radius 2 is 2.09 bits per heavy atom. The first-order valence-electron chi connectivity index (χ1n) is 2.87. The second-order valence-electron chi connectivity index (χ2n) is 2.03. The summed E-state index contributed by atoms with van der Waals surface area (Å²) in [6, 6.07) is 0. The van der Waals surface area contributed by atoms with E-state index < -0.39 is 17.0 Å². The summed E-state index contributed by atoms with van der Waals surface area (Å²) in [5.74, 6) is -0.469. The van der Waals surface area contributed by atoms with Crippen molar-refractivity contribution in [3.05, 3.63) is 12.2 Å². The Kier molecular flexibility index (Phi) is 4.49. The molecule has 0 aliphatic rings. The zero-order valence-electron chi connectivity index (χ0n) is 5.97. The lowest BCUT2D eigenvalue weighted by Crippen LogP contribution is -2.39. The molecule has 0 spiro atoms. The minimum atomic E-state index is -1.25. The molecule has 0 bridgehead atoms. The number of aliphatic hydroxyl groups is 1. The van der Waals surface area contributed by atoms with Crippen molar-refractivity contribution >= 4 is 29.1 Å². The molecule has 0 aromatic heterocycles. The zero-order chi connectivity index (χ0) is 9.02. The van der Waals surface area contributed by atoms with E-state index >= 15 is 0 Å². The van der Waals surface area contributed by atoms with Crippen molar-refractivity contribution in [2.24, 2.45) is 0 Å². The van der Waals surface area contributed by atoms with Crippen LogP contribution in [0.25, 0.3) is 0 Å². The highest BCUT2D eigenvalue weighted by molar-refractivity contribution is 6.44. The van der Waals surface area contributed by atoms with E-state index in [0.717, 1.165) is 0 Å². The third kappa shape index (κ3) is 4.24. The number of hydrogen-bond donors (Lipinski definition) is 2. The highest BCUT2D eigenvalue weighted by Gasteiger charge is 2.15. The molecule has 0 rings (SSSR count). The molecule has 1 unspecified atom stereocenters. The maximum atomic E-state index is 10.8. The van der Waals surface area contributed by atoms with Crippen LogP contribution in [0.1, 0.15) is 6.92 Å². The van der Waals surface area contributed by atoms with E-state index in [4.69, 9.17) is 28.3 Å². The molecule has 0 aliphatic heterocycles.